The van der Waals surface area contributed by atoms with E-state index in [4.69, 9.17) is 5.11 Å². The summed E-state index contributed by atoms with van der Waals surface area (Å²) >= 11 is 0. The lowest BCUT2D eigenvalue weighted by molar-refractivity contribution is 0.0770. The number of rotatable bonds is 5. The van der Waals surface area contributed by atoms with Crippen molar-refractivity contribution in [3.63, 3.8) is 0 Å². The molecule has 3 N–H and O–H groups in total. The third-order valence-corrected chi connectivity index (χ3v) is 2.94. The fraction of sp³-hybridized carbons (Fsp3) is 0.636. The first kappa shape index (κ1) is 12.1. The second kappa shape index (κ2) is 5.29. The third kappa shape index (κ3) is 3.04. The Kier molecular flexibility index (Phi) is 3.75. The Hall–Kier alpha value is -1.40. The van der Waals surface area contributed by atoms with E-state index in [1.807, 2.05) is 0 Å². The monoisotopic (exact) mass is 239 g/mol. The van der Waals surface area contributed by atoms with E-state index in [2.05, 4.69) is 10.4 Å². The Labute approximate surface area is 98.9 Å². The summed E-state index contributed by atoms with van der Waals surface area (Å²) in [6, 6.07) is 1.92. The Morgan fingerprint density at radius 3 is 2.88 bits per heavy atom. The molecule has 0 spiro atoms. The van der Waals surface area contributed by atoms with Crippen LogP contribution in [-0.4, -0.2) is 38.7 Å². The molecule has 1 aromatic heterocycles. The first-order chi connectivity index (χ1) is 8.19. The number of nitrogens with zero attached hydrogens (tertiary/aromatic N) is 2. The number of nitrogens with one attached hydrogen (secondary N) is 1. The molecule has 0 radical (unpaired) electrons. The predicted molar refractivity (Wildman–Crippen MR) is 62.9 cm³/mol. The van der Waals surface area contributed by atoms with Crippen LogP contribution in [0.3, 0.4) is 0 Å². The summed E-state index contributed by atoms with van der Waals surface area (Å²) in [4.78, 5) is 11.6. The lowest BCUT2D eigenvalue weighted by Gasteiger charge is -2.27. The number of aliphatic hydroxyl groups is 2. The van der Waals surface area contributed by atoms with Crippen LogP contribution < -0.4 is 10.9 Å². The minimum Gasteiger partial charge on any atom is -0.394 e. The Balaban J connectivity index is 2.02. The largest absolute Gasteiger partial charge is 0.394 e. The topological polar surface area (TPSA) is 87.4 Å². The second-order valence-corrected chi connectivity index (χ2v) is 4.37. The summed E-state index contributed by atoms with van der Waals surface area (Å²) in [6.07, 6.45) is 4.11. The molecule has 1 aromatic rings. The molecule has 0 bridgehead atoms. The molecule has 17 heavy (non-hydrogen) atoms. The maximum atomic E-state index is 11.6. The first-order valence-electron chi connectivity index (χ1n) is 5.81. The smallest absolute Gasteiger partial charge is 0.268 e. The lowest BCUT2D eigenvalue weighted by atomic mass is 9.93. The van der Waals surface area contributed by atoms with Gasteiger partial charge in [0.25, 0.3) is 5.56 Å². The van der Waals surface area contributed by atoms with Crippen molar-refractivity contribution in [1.82, 2.24) is 9.78 Å². The molecule has 1 fully saturated rings. The second-order valence-electron chi connectivity index (χ2n) is 4.37. The zero-order valence-corrected chi connectivity index (χ0v) is 9.54. The van der Waals surface area contributed by atoms with Crippen LogP contribution in [0.5, 0.6) is 0 Å². The Morgan fingerprint density at radius 2 is 2.35 bits per heavy atom. The van der Waals surface area contributed by atoms with Gasteiger partial charge in [-0.2, -0.15) is 5.10 Å². The van der Waals surface area contributed by atoms with Crippen molar-refractivity contribution in [3.05, 3.63) is 22.6 Å². The summed E-state index contributed by atoms with van der Waals surface area (Å²) in [7, 11) is 0. The number of aromatic nitrogens is 2. The van der Waals surface area contributed by atoms with E-state index in [-0.39, 0.29) is 18.7 Å². The normalized spacial score (nSPS) is 17.5. The quantitative estimate of drug-likeness (QED) is 0.648. The van der Waals surface area contributed by atoms with Gasteiger partial charge in [0.05, 0.1) is 31.1 Å². The van der Waals surface area contributed by atoms with Crippen molar-refractivity contribution < 1.29 is 10.2 Å². The van der Waals surface area contributed by atoms with E-state index in [1.165, 1.54) is 12.5 Å². The van der Waals surface area contributed by atoms with Crippen molar-refractivity contribution in [1.29, 1.82) is 0 Å². The highest BCUT2D eigenvalue weighted by molar-refractivity contribution is 5.40. The van der Waals surface area contributed by atoms with Crippen LogP contribution in [0.15, 0.2) is 17.1 Å². The molecular formula is C11H17N3O3. The first-order valence-corrected chi connectivity index (χ1v) is 5.81. The predicted octanol–water partition coefficient (Wildman–Crippen LogP) is -0.439. The van der Waals surface area contributed by atoms with Crippen LogP contribution >= 0.6 is 0 Å². The van der Waals surface area contributed by atoms with Gasteiger partial charge in [0.2, 0.25) is 0 Å². The van der Waals surface area contributed by atoms with Gasteiger partial charge in [0.15, 0.2) is 0 Å². The maximum Gasteiger partial charge on any atom is 0.268 e. The third-order valence-electron chi connectivity index (χ3n) is 2.94. The van der Waals surface area contributed by atoms with E-state index < -0.39 is 6.10 Å². The number of anilines is 1. The molecule has 1 aliphatic rings. The minimum absolute atomic E-state index is 0.0129. The van der Waals surface area contributed by atoms with Crippen LogP contribution in [0, 0.1) is 0 Å². The van der Waals surface area contributed by atoms with Crippen LogP contribution in [-0.2, 0) is 6.54 Å². The molecule has 1 atom stereocenters. The number of aliphatic hydroxyl groups excluding tert-OH is 2. The van der Waals surface area contributed by atoms with Gasteiger partial charge < -0.3 is 15.5 Å². The fourth-order valence-corrected chi connectivity index (χ4v) is 1.70. The molecule has 1 unspecified atom stereocenters. The highest BCUT2D eigenvalue weighted by Crippen LogP contribution is 2.21. The van der Waals surface area contributed by atoms with Crippen molar-refractivity contribution in [2.24, 2.45) is 0 Å². The van der Waals surface area contributed by atoms with Gasteiger partial charge in [0, 0.05) is 12.1 Å². The van der Waals surface area contributed by atoms with Crippen molar-refractivity contribution in [2.45, 2.75) is 38.0 Å². The molecule has 94 valence electrons. The fourth-order valence-electron chi connectivity index (χ4n) is 1.70. The number of hydrogen-bond donors (Lipinski definition) is 3. The van der Waals surface area contributed by atoms with Gasteiger partial charge in [-0.05, 0) is 19.3 Å². The van der Waals surface area contributed by atoms with Crippen LogP contribution in [0.25, 0.3) is 0 Å². The molecule has 1 heterocycles. The average molecular weight is 239 g/mol. The van der Waals surface area contributed by atoms with E-state index in [0.29, 0.717) is 6.04 Å². The van der Waals surface area contributed by atoms with Gasteiger partial charge in [-0.15, -0.1) is 0 Å². The minimum atomic E-state index is -0.953. The molecule has 2 rings (SSSR count). The standard InChI is InChI=1S/C11H17N3O3/c15-7-10(16)6-14-11(17)4-9(5-12-14)13-8-2-1-3-8/h4-5,8,10,13,15-16H,1-3,6-7H2. The van der Waals surface area contributed by atoms with Gasteiger partial charge >= 0.3 is 0 Å². The maximum absolute atomic E-state index is 11.6. The summed E-state index contributed by atoms with van der Waals surface area (Å²) in [6.45, 7) is -0.366. The lowest BCUT2D eigenvalue weighted by Crippen LogP contribution is -2.32. The van der Waals surface area contributed by atoms with Crippen LogP contribution in [0.2, 0.25) is 0 Å². The summed E-state index contributed by atoms with van der Waals surface area (Å²) in [5, 5.41) is 25.1. The van der Waals surface area contributed by atoms with E-state index in [9.17, 15) is 9.90 Å². The molecule has 6 nitrogen and oxygen atoms in total. The molecule has 0 aromatic carbocycles. The molecule has 6 heteroatoms. The summed E-state index contributed by atoms with van der Waals surface area (Å²) in [5.74, 6) is 0. The SMILES string of the molecule is O=c1cc(NC2CCC2)cnn1CC(O)CO. The van der Waals surface area contributed by atoms with Crippen molar-refractivity contribution >= 4 is 5.69 Å². The van der Waals surface area contributed by atoms with Gasteiger partial charge in [-0.25, -0.2) is 4.68 Å². The number of hydrogen-bond acceptors (Lipinski definition) is 5. The highest BCUT2D eigenvalue weighted by Gasteiger charge is 2.17. The molecule has 0 saturated heterocycles. The molecule has 1 saturated carbocycles. The Bertz CT molecular complexity index is 428. The molecule has 0 amide bonds. The zero-order chi connectivity index (χ0) is 12.3. The van der Waals surface area contributed by atoms with Crippen LogP contribution in [0.4, 0.5) is 5.69 Å². The molecular weight excluding hydrogens is 222 g/mol. The summed E-state index contributed by atoms with van der Waals surface area (Å²) < 4.78 is 1.15. The van der Waals surface area contributed by atoms with Crippen LogP contribution in [0.1, 0.15) is 19.3 Å². The summed E-state index contributed by atoms with van der Waals surface area (Å²) in [5.41, 5.74) is 0.441. The molecule has 1 aliphatic carbocycles. The molecule has 0 aliphatic heterocycles. The zero-order valence-electron chi connectivity index (χ0n) is 9.54. The van der Waals surface area contributed by atoms with Gasteiger partial charge in [0.1, 0.15) is 0 Å². The van der Waals surface area contributed by atoms with Crippen molar-refractivity contribution in [2.75, 3.05) is 11.9 Å². The van der Waals surface area contributed by atoms with E-state index >= 15 is 0 Å². The average Bonchev–Trinajstić information content (AvgIpc) is 2.27. The van der Waals surface area contributed by atoms with Gasteiger partial charge in [-0.1, -0.05) is 0 Å². The van der Waals surface area contributed by atoms with E-state index in [0.717, 1.165) is 23.2 Å². The van der Waals surface area contributed by atoms with E-state index in [1.54, 1.807) is 6.20 Å². The van der Waals surface area contributed by atoms with Gasteiger partial charge in [-0.3, -0.25) is 4.79 Å². The van der Waals surface area contributed by atoms with Crippen molar-refractivity contribution in [3.8, 4) is 0 Å². The Morgan fingerprint density at radius 1 is 1.59 bits per heavy atom. The highest BCUT2D eigenvalue weighted by atomic mass is 16.3.